The van der Waals surface area contributed by atoms with E-state index in [9.17, 15) is 9.59 Å². The normalized spacial score (nSPS) is 10.6. The number of rotatable bonds is 7. The predicted molar refractivity (Wildman–Crippen MR) is 111 cm³/mol. The second kappa shape index (κ2) is 9.33. The number of hydrogen-bond donors (Lipinski definition) is 1. The quantitative estimate of drug-likeness (QED) is 0.463. The average Bonchev–Trinajstić information content (AvgIpc) is 2.72. The lowest BCUT2D eigenvalue weighted by Crippen LogP contribution is -2.07. The molecule has 0 aliphatic heterocycles. The molecule has 0 saturated heterocycles. The fraction of sp³-hybridized carbons (Fsp3) is 0.0833. The Labute approximate surface area is 164 Å². The van der Waals surface area contributed by atoms with Crippen LogP contribution in [0.2, 0.25) is 0 Å². The van der Waals surface area contributed by atoms with E-state index in [1.165, 1.54) is 13.0 Å². The highest BCUT2D eigenvalue weighted by Crippen LogP contribution is 2.15. The van der Waals surface area contributed by atoms with E-state index in [2.05, 4.69) is 5.32 Å². The van der Waals surface area contributed by atoms with Crippen molar-refractivity contribution in [2.45, 2.75) is 13.5 Å². The Morgan fingerprint density at radius 1 is 0.893 bits per heavy atom. The van der Waals surface area contributed by atoms with Crippen LogP contribution in [0.25, 0.3) is 6.08 Å². The molecule has 0 fully saturated rings. The van der Waals surface area contributed by atoms with Crippen LogP contribution < -0.4 is 10.1 Å². The second-order valence-corrected chi connectivity index (χ2v) is 6.30. The third-order valence-electron chi connectivity index (χ3n) is 4.11. The number of anilines is 1. The molecule has 0 atom stereocenters. The molecule has 0 aromatic heterocycles. The maximum absolute atomic E-state index is 12.0. The van der Waals surface area contributed by atoms with Gasteiger partial charge in [0.1, 0.15) is 12.4 Å². The van der Waals surface area contributed by atoms with Gasteiger partial charge in [-0.2, -0.15) is 0 Å². The molecule has 0 heterocycles. The number of carbonyl (C=O) groups is 2. The monoisotopic (exact) mass is 371 g/mol. The fourth-order valence-electron chi connectivity index (χ4n) is 2.56. The van der Waals surface area contributed by atoms with Gasteiger partial charge < -0.3 is 10.1 Å². The van der Waals surface area contributed by atoms with Gasteiger partial charge in [-0.15, -0.1) is 0 Å². The Hall–Kier alpha value is -3.66. The third kappa shape index (κ3) is 5.68. The summed E-state index contributed by atoms with van der Waals surface area (Å²) in [7, 11) is 0. The summed E-state index contributed by atoms with van der Waals surface area (Å²) in [5.41, 5.74) is 3.26. The van der Waals surface area contributed by atoms with Crippen molar-refractivity contribution < 1.29 is 14.3 Å². The second-order valence-electron chi connectivity index (χ2n) is 6.30. The van der Waals surface area contributed by atoms with Gasteiger partial charge in [0.15, 0.2) is 5.78 Å². The molecule has 3 aromatic rings. The molecule has 4 nitrogen and oxygen atoms in total. The van der Waals surface area contributed by atoms with Crippen LogP contribution in [0.3, 0.4) is 0 Å². The first-order chi connectivity index (χ1) is 13.6. The lowest BCUT2D eigenvalue weighted by molar-refractivity contribution is -0.111. The zero-order chi connectivity index (χ0) is 19.8. The molecule has 0 unspecified atom stereocenters. The maximum Gasteiger partial charge on any atom is 0.248 e. The largest absolute Gasteiger partial charge is 0.489 e. The number of hydrogen-bond acceptors (Lipinski definition) is 3. The van der Waals surface area contributed by atoms with Gasteiger partial charge in [0.2, 0.25) is 5.91 Å². The average molecular weight is 371 g/mol. The van der Waals surface area contributed by atoms with Crippen molar-refractivity contribution in [1.29, 1.82) is 0 Å². The molecular formula is C24H21NO3. The van der Waals surface area contributed by atoms with E-state index in [1.807, 2.05) is 54.6 Å². The maximum atomic E-state index is 12.0. The van der Waals surface area contributed by atoms with E-state index in [0.29, 0.717) is 17.9 Å². The predicted octanol–water partition coefficient (Wildman–Crippen LogP) is 5.12. The highest BCUT2D eigenvalue weighted by atomic mass is 16.5. The van der Waals surface area contributed by atoms with E-state index in [-0.39, 0.29) is 11.7 Å². The van der Waals surface area contributed by atoms with Crippen LogP contribution in [0, 0.1) is 0 Å². The standard InChI is InChI=1S/C24H21NO3/c1-18(26)21-10-12-22(13-11-21)25-24(27)16-9-19-7-14-23(15-8-19)28-17-20-5-3-2-4-6-20/h2-16H,17H2,1H3,(H,25,27). The molecule has 3 aromatic carbocycles. The van der Waals surface area contributed by atoms with Crippen LogP contribution in [0.1, 0.15) is 28.4 Å². The van der Waals surface area contributed by atoms with E-state index >= 15 is 0 Å². The SMILES string of the molecule is CC(=O)c1ccc(NC(=O)C=Cc2ccc(OCc3ccccc3)cc2)cc1. The number of Topliss-reactive ketones (excluding diaryl/α,β-unsaturated/α-hetero) is 1. The van der Waals surface area contributed by atoms with Crippen LogP contribution in [0.5, 0.6) is 5.75 Å². The van der Waals surface area contributed by atoms with Gasteiger partial charge in [-0.1, -0.05) is 42.5 Å². The molecule has 28 heavy (non-hydrogen) atoms. The van der Waals surface area contributed by atoms with Crippen molar-refractivity contribution in [2.24, 2.45) is 0 Å². The van der Waals surface area contributed by atoms with E-state index in [1.54, 1.807) is 30.3 Å². The summed E-state index contributed by atoms with van der Waals surface area (Å²) in [5, 5.41) is 2.77. The molecule has 0 radical (unpaired) electrons. The molecule has 0 aliphatic carbocycles. The molecule has 140 valence electrons. The summed E-state index contributed by atoms with van der Waals surface area (Å²) in [6, 6.07) is 24.3. The van der Waals surface area contributed by atoms with Crippen LogP contribution >= 0.6 is 0 Å². The first-order valence-corrected chi connectivity index (χ1v) is 8.97. The summed E-state index contributed by atoms with van der Waals surface area (Å²) in [6.45, 7) is 2.02. The molecule has 4 heteroatoms. The van der Waals surface area contributed by atoms with Crippen LogP contribution in [-0.4, -0.2) is 11.7 Å². The van der Waals surface area contributed by atoms with Gasteiger partial charge in [-0.3, -0.25) is 9.59 Å². The van der Waals surface area contributed by atoms with Crippen molar-refractivity contribution in [3.63, 3.8) is 0 Å². The minimum Gasteiger partial charge on any atom is -0.489 e. The van der Waals surface area contributed by atoms with Crippen molar-refractivity contribution in [3.8, 4) is 5.75 Å². The van der Waals surface area contributed by atoms with Crippen molar-refractivity contribution in [2.75, 3.05) is 5.32 Å². The summed E-state index contributed by atoms with van der Waals surface area (Å²) >= 11 is 0. The molecule has 1 N–H and O–H groups in total. The fourth-order valence-corrected chi connectivity index (χ4v) is 2.56. The number of ether oxygens (including phenoxy) is 1. The Morgan fingerprint density at radius 3 is 2.21 bits per heavy atom. The van der Waals surface area contributed by atoms with Crippen molar-refractivity contribution in [1.82, 2.24) is 0 Å². The first kappa shape index (κ1) is 19.1. The molecule has 1 amide bonds. The molecule has 0 saturated carbocycles. The van der Waals surface area contributed by atoms with Gasteiger partial charge >= 0.3 is 0 Å². The van der Waals surface area contributed by atoms with Crippen LogP contribution in [0.4, 0.5) is 5.69 Å². The Kier molecular flexibility index (Phi) is 6.37. The van der Waals surface area contributed by atoms with Crippen LogP contribution in [-0.2, 0) is 11.4 Å². The Balaban J connectivity index is 1.52. The number of ketones is 1. The minimum absolute atomic E-state index is 0.00559. The zero-order valence-electron chi connectivity index (χ0n) is 15.6. The number of carbonyl (C=O) groups excluding carboxylic acids is 2. The molecule has 0 aliphatic rings. The third-order valence-corrected chi connectivity index (χ3v) is 4.11. The first-order valence-electron chi connectivity index (χ1n) is 8.97. The Morgan fingerprint density at radius 2 is 1.57 bits per heavy atom. The smallest absolute Gasteiger partial charge is 0.248 e. The highest BCUT2D eigenvalue weighted by molar-refractivity contribution is 6.02. The van der Waals surface area contributed by atoms with E-state index in [0.717, 1.165) is 16.9 Å². The lowest BCUT2D eigenvalue weighted by atomic mass is 10.1. The van der Waals surface area contributed by atoms with Crippen LogP contribution in [0.15, 0.2) is 84.9 Å². The van der Waals surface area contributed by atoms with Gasteiger partial charge in [0.25, 0.3) is 0 Å². The zero-order valence-corrected chi connectivity index (χ0v) is 15.6. The summed E-state index contributed by atoms with van der Waals surface area (Å²) < 4.78 is 5.75. The van der Waals surface area contributed by atoms with Gasteiger partial charge in [0.05, 0.1) is 0 Å². The summed E-state index contributed by atoms with van der Waals surface area (Å²) in [5.74, 6) is 0.532. The Bertz CT molecular complexity index is 959. The van der Waals surface area contributed by atoms with Crippen molar-refractivity contribution >= 4 is 23.5 Å². The minimum atomic E-state index is -0.236. The number of nitrogens with one attached hydrogen (secondary N) is 1. The summed E-state index contributed by atoms with van der Waals surface area (Å²) in [6.07, 6.45) is 3.21. The van der Waals surface area contributed by atoms with E-state index < -0.39 is 0 Å². The molecule has 3 rings (SSSR count). The number of benzene rings is 3. The van der Waals surface area contributed by atoms with E-state index in [4.69, 9.17) is 4.74 Å². The topological polar surface area (TPSA) is 55.4 Å². The lowest BCUT2D eigenvalue weighted by Gasteiger charge is -2.06. The van der Waals surface area contributed by atoms with Gasteiger partial charge in [-0.25, -0.2) is 0 Å². The van der Waals surface area contributed by atoms with Gasteiger partial charge in [0, 0.05) is 17.3 Å². The van der Waals surface area contributed by atoms with Crippen molar-refractivity contribution in [3.05, 3.63) is 102 Å². The number of amides is 1. The highest BCUT2D eigenvalue weighted by Gasteiger charge is 2.01. The van der Waals surface area contributed by atoms with Gasteiger partial charge in [-0.05, 0) is 60.5 Å². The molecule has 0 spiro atoms. The summed E-state index contributed by atoms with van der Waals surface area (Å²) in [4.78, 5) is 23.3. The molecular weight excluding hydrogens is 350 g/mol. The molecule has 0 bridgehead atoms.